The molecule has 2 aromatic heterocycles. The van der Waals surface area contributed by atoms with Gasteiger partial charge < -0.3 is 10.2 Å². The van der Waals surface area contributed by atoms with Gasteiger partial charge in [0, 0.05) is 44.0 Å². The number of thiophene rings is 1. The van der Waals surface area contributed by atoms with E-state index in [0.29, 0.717) is 30.4 Å². The normalized spacial score (nSPS) is 12.1. The Morgan fingerprint density at radius 2 is 1.97 bits per heavy atom. The Morgan fingerprint density at radius 3 is 2.52 bits per heavy atom. The van der Waals surface area contributed by atoms with Gasteiger partial charge in [0.15, 0.2) is 5.96 Å². The fourth-order valence-electron chi connectivity index (χ4n) is 2.80. The molecular formula is C18H30IN5O2S3. The fraction of sp³-hybridized carbons (Fsp3) is 0.556. The van der Waals surface area contributed by atoms with Crippen molar-refractivity contribution in [3.63, 3.8) is 0 Å². The minimum absolute atomic E-state index is 0. The molecule has 0 spiro atoms. The topological polar surface area (TPSA) is 77.9 Å². The SMILES string of the molecule is CCN(CC)S(=O)(=O)c1ccc(CCNC(=NC)N(C)Cc2csc(C)n2)s1.I. The van der Waals surface area contributed by atoms with Crippen molar-refractivity contribution in [3.05, 3.63) is 33.1 Å². The van der Waals surface area contributed by atoms with Crippen LogP contribution in [0, 0.1) is 6.92 Å². The number of hydrogen-bond acceptors (Lipinski definition) is 6. The van der Waals surface area contributed by atoms with E-state index in [0.717, 1.165) is 28.0 Å². The Kier molecular flexibility index (Phi) is 11.0. The van der Waals surface area contributed by atoms with E-state index < -0.39 is 10.0 Å². The molecule has 7 nitrogen and oxygen atoms in total. The third kappa shape index (κ3) is 7.16. The van der Waals surface area contributed by atoms with Crippen molar-refractivity contribution in [2.75, 3.05) is 33.7 Å². The molecule has 0 amide bonds. The Hall–Kier alpha value is -0.760. The van der Waals surface area contributed by atoms with Gasteiger partial charge in [0.1, 0.15) is 4.21 Å². The first-order valence-corrected chi connectivity index (χ1v) is 12.4. The lowest BCUT2D eigenvalue weighted by Crippen LogP contribution is -2.39. The largest absolute Gasteiger partial charge is 0.356 e. The standard InChI is InChI=1S/C18H29N5O2S3.HI/c1-6-23(7-2)28(24,25)17-9-8-16(27-17)10-11-20-18(19-4)22(5)12-15-13-26-14(3)21-15;/h8-9,13H,6-7,10-12H2,1-5H3,(H,19,20);1H. The summed E-state index contributed by atoms with van der Waals surface area (Å²) in [5.41, 5.74) is 1.03. The van der Waals surface area contributed by atoms with Gasteiger partial charge in [0.2, 0.25) is 0 Å². The van der Waals surface area contributed by atoms with Gasteiger partial charge in [-0.25, -0.2) is 13.4 Å². The molecule has 2 aromatic rings. The number of nitrogens with one attached hydrogen (secondary N) is 1. The first kappa shape index (κ1) is 26.3. The highest BCUT2D eigenvalue weighted by atomic mass is 127. The predicted molar refractivity (Wildman–Crippen MR) is 133 cm³/mol. The number of guanidine groups is 1. The second-order valence-corrected chi connectivity index (χ2v) is 10.6. The molecule has 0 aliphatic heterocycles. The molecule has 2 heterocycles. The van der Waals surface area contributed by atoms with Gasteiger partial charge >= 0.3 is 0 Å². The van der Waals surface area contributed by atoms with Gasteiger partial charge in [-0.15, -0.1) is 46.7 Å². The number of hydrogen-bond donors (Lipinski definition) is 1. The summed E-state index contributed by atoms with van der Waals surface area (Å²) in [6.07, 6.45) is 0.737. The highest BCUT2D eigenvalue weighted by molar-refractivity contribution is 14.0. The average molecular weight is 572 g/mol. The highest BCUT2D eigenvalue weighted by Crippen LogP contribution is 2.25. The molecule has 0 aliphatic rings. The maximum atomic E-state index is 12.6. The third-order valence-corrected chi connectivity index (χ3v) is 8.71. The predicted octanol–water partition coefficient (Wildman–Crippen LogP) is 3.41. The van der Waals surface area contributed by atoms with Crippen LogP contribution in [0.4, 0.5) is 0 Å². The molecule has 0 unspecified atom stereocenters. The summed E-state index contributed by atoms with van der Waals surface area (Å²) in [6, 6.07) is 3.60. The summed E-state index contributed by atoms with van der Waals surface area (Å²) in [7, 11) is 0.352. The van der Waals surface area contributed by atoms with Crippen molar-refractivity contribution < 1.29 is 8.42 Å². The molecule has 0 aromatic carbocycles. The summed E-state index contributed by atoms with van der Waals surface area (Å²) < 4.78 is 27.1. The second-order valence-electron chi connectivity index (χ2n) is 6.25. The molecule has 1 N–H and O–H groups in total. The summed E-state index contributed by atoms with van der Waals surface area (Å²) in [6.45, 7) is 8.04. The molecule has 0 atom stereocenters. The Labute approximate surface area is 199 Å². The van der Waals surface area contributed by atoms with E-state index in [4.69, 9.17) is 0 Å². The zero-order chi connectivity index (χ0) is 20.7. The Morgan fingerprint density at radius 1 is 1.28 bits per heavy atom. The maximum Gasteiger partial charge on any atom is 0.252 e. The van der Waals surface area contributed by atoms with Crippen LogP contribution in [0.5, 0.6) is 0 Å². The van der Waals surface area contributed by atoms with Gasteiger partial charge in [-0.2, -0.15) is 4.31 Å². The van der Waals surface area contributed by atoms with Gasteiger partial charge in [0.25, 0.3) is 10.0 Å². The van der Waals surface area contributed by atoms with Crippen molar-refractivity contribution in [1.29, 1.82) is 0 Å². The number of aryl methyl sites for hydroxylation is 1. The van der Waals surface area contributed by atoms with Gasteiger partial charge in [0.05, 0.1) is 17.2 Å². The van der Waals surface area contributed by atoms with Crippen LogP contribution in [0.3, 0.4) is 0 Å². The quantitative estimate of drug-likeness (QED) is 0.284. The zero-order valence-corrected chi connectivity index (χ0v) is 22.3. The van der Waals surface area contributed by atoms with Crippen molar-refractivity contribution in [2.45, 2.75) is 37.9 Å². The number of sulfonamides is 1. The molecule has 0 bridgehead atoms. The molecule has 2 rings (SSSR count). The summed E-state index contributed by atoms with van der Waals surface area (Å²) in [5.74, 6) is 0.790. The third-order valence-electron chi connectivity index (χ3n) is 4.23. The van der Waals surface area contributed by atoms with E-state index in [-0.39, 0.29) is 24.0 Å². The van der Waals surface area contributed by atoms with Crippen LogP contribution in [0.1, 0.15) is 29.4 Å². The van der Waals surface area contributed by atoms with Crippen molar-refractivity contribution in [1.82, 2.24) is 19.5 Å². The molecule has 164 valence electrons. The Balaban J connectivity index is 0.00000420. The monoisotopic (exact) mass is 571 g/mol. The van der Waals surface area contributed by atoms with Crippen molar-refractivity contribution in [2.24, 2.45) is 4.99 Å². The number of nitrogens with zero attached hydrogens (tertiary/aromatic N) is 4. The van der Waals surface area contributed by atoms with E-state index >= 15 is 0 Å². The van der Waals surface area contributed by atoms with Gasteiger partial charge in [-0.1, -0.05) is 13.8 Å². The van der Waals surface area contributed by atoms with Crippen molar-refractivity contribution in [3.8, 4) is 0 Å². The van der Waals surface area contributed by atoms with E-state index in [1.807, 2.05) is 38.8 Å². The molecular weight excluding hydrogens is 541 g/mol. The lowest BCUT2D eigenvalue weighted by molar-refractivity contribution is 0.447. The van der Waals surface area contributed by atoms with Crippen LogP contribution >= 0.6 is 46.7 Å². The number of aliphatic imine (C=N–C) groups is 1. The molecule has 0 aliphatic carbocycles. The number of rotatable bonds is 9. The maximum absolute atomic E-state index is 12.6. The van der Waals surface area contributed by atoms with E-state index in [2.05, 4.69) is 20.7 Å². The molecule has 0 saturated carbocycles. The summed E-state index contributed by atoms with van der Waals surface area (Å²) in [5, 5.41) is 6.45. The first-order valence-electron chi connectivity index (χ1n) is 9.23. The smallest absolute Gasteiger partial charge is 0.252 e. The van der Waals surface area contributed by atoms with E-state index in [1.165, 1.54) is 15.6 Å². The lowest BCUT2D eigenvalue weighted by Gasteiger charge is -2.21. The first-order chi connectivity index (χ1) is 13.3. The molecule has 29 heavy (non-hydrogen) atoms. The Bertz CT molecular complexity index is 891. The van der Waals surface area contributed by atoms with Gasteiger partial charge in [-0.05, 0) is 25.5 Å². The van der Waals surface area contributed by atoms with Crippen LogP contribution in [0.2, 0.25) is 0 Å². The lowest BCUT2D eigenvalue weighted by atomic mass is 10.3. The van der Waals surface area contributed by atoms with E-state index in [9.17, 15) is 8.42 Å². The minimum Gasteiger partial charge on any atom is -0.356 e. The number of thiazole rings is 1. The molecule has 0 fully saturated rings. The highest BCUT2D eigenvalue weighted by Gasteiger charge is 2.23. The zero-order valence-electron chi connectivity index (χ0n) is 17.5. The molecule has 11 heteroatoms. The number of aromatic nitrogens is 1. The van der Waals surface area contributed by atoms with E-state index in [1.54, 1.807) is 24.5 Å². The van der Waals surface area contributed by atoms with Crippen LogP contribution < -0.4 is 5.32 Å². The van der Waals surface area contributed by atoms with Crippen molar-refractivity contribution >= 4 is 62.6 Å². The van der Waals surface area contributed by atoms with Crippen LogP contribution in [0.25, 0.3) is 0 Å². The van der Waals surface area contributed by atoms with Crippen LogP contribution in [-0.4, -0.2) is 62.3 Å². The molecule has 0 radical (unpaired) electrons. The second kappa shape index (κ2) is 12.2. The van der Waals surface area contributed by atoms with Gasteiger partial charge in [-0.3, -0.25) is 4.99 Å². The fourth-order valence-corrected chi connectivity index (χ4v) is 6.37. The average Bonchev–Trinajstić information content (AvgIpc) is 3.29. The van der Waals surface area contributed by atoms with Crippen LogP contribution in [-0.2, 0) is 23.0 Å². The number of halogens is 1. The minimum atomic E-state index is -3.38. The summed E-state index contributed by atoms with van der Waals surface area (Å²) >= 11 is 2.98. The summed E-state index contributed by atoms with van der Waals surface area (Å²) in [4.78, 5) is 11.9. The van der Waals surface area contributed by atoms with Crippen LogP contribution in [0.15, 0.2) is 26.7 Å². The molecule has 0 saturated heterocycles.